The van der Waals surface area contributed by atoms with Crippen molar-refractivity contribution in [1.29, 1.82) is 5.41 Å². The average molecular weight is 961 g/mol. The van der Waals surface area contributed by atoms with E-state index in [1.165, 1.54) is 24.3 Å². The van der Waals surface area contributed by atoms with Crippen molar-refractivity contribution in [3.63, 3.8) is 0 Å². The van der Waals surface area contributed by atoms with E-state index < -0.39 is 23.5 Å². The molecule has 11 rings (SSSR count). The molecule has 0 unspecified atom stereocenters. The van der Waals surface area contributed by atoms with Crippen LogP contribution in [0.15, 0.2) is 229 Å². The van der Waals surface area contributed by atoms with Crippen molar-refractivity contribution < 1.29 is 26.3 Å². The van der Waals surface area contributed by atoms with Crippen molar-refractivity contribution in [2.24, 2.45) is 4.40 Å². The first kappa shape index (κ1) is 45.1. The molecule has 1 aliphatic rings. The van der Waals surface area contributed by atoms with Crippen molar-refractivity contribution in [3.8, 4) is 39.1 Å². The van der Waals surface area contributed by atoms with Gasteiger partial charge in [-0.2, -0.15) is 26.3 Å². The number of hydrogen-bond donors (Lipinski definition) is 2. The fraction of sp³-hybridized carbons (Fsp3) is 0.0333. The molecule has 1 N–H and O–H groups in total. The zero-order valence-electron chi connectivity index (χ0n) is 37.3. The van der Waals surface area contributed by atoms with E-state index in [9.17, 15) is 31.8 Å². The van der Waals surface area contributed by atoms with E-state index in [0.29, 0.717) is 50.6 Å². The van der Waals surface area contributed by atoms with Gasteiger partial charge < -0.3 is 9.47 Å². The third-order valence-electron chi connectivity index (χ3n) is 13.0. The van der Waals surface area contributed by atoms with Gasteiger partial charge >= 0.3 is 12.4 Å². The summed E-state index contributed by atoms with van der Waals surface area (Å²) < 4.78 is 87.4. The predicted molar refractivity (Wildman–Crippen MR) is 280 cm³/mol. The second-order valence-corrected chi connectivity index (χ2v) is 17.4. The van der Waals surface area contributed by atoms with E-state index >= 15 is 0 Å². The maximum absolute atomic E-state index is 13.4. The van der Waals surface area contributed by atoms with Crippen LogP contribution >= 0.6 is 12.8 Å². The number of benzene rings is 9. The molecule has 1 heterocycles. The molecule has 0 saturated heterocycles. The summed E-state index contributed by atoms with van der Waals surface area (Å²) in [7, 11) is 0. The Bertz CT molecular complexity index is 3660. The number of thiol groups is 1. The van der Waals surface area contributed by atoms with E-state index in [0.717, 1.165) is 79.2 Å². The number of hydrogen-bond acceptors (Lipinski definition) is 4. The molecule has 10 aromatic rings. The van der Waals surface area contributed by atoms with Crippen LogP contribution in [0.5, 0.6) is 0 Å². The largest absolute Gasteiger partial charge is 0.416 e. The van der Waals surface area contributed by atoms with Crippen LogP contribution in [0.3, 0.4) is 0 Å². The Hall–Kier alpha value is -8.41. The Balaban J connectivity index is 1.07. The molecule has 11 heteroatoms. The molecule has 1 aliphatic carbocycles. The summed E-state index contributed by atoms with van der Waals surface area (Å²) in [6.07, 6.45) is -5.12. The third-order valence-corrected chi connectivity index (χ3v) is 13.2. The lowest BCUT2D eigenvalue weighted by Gasteiger charge is -2.31. The second kappa shape index (κ2) is 17.8. The summed E-state index contributed by atoms with van der Waals surface area (Å²) in [5.74, 6) is 0. The molecule has 0 spiro atoms. The number of nitrogens with one attached hydrogen (secondary N) is 1. The van der Waals surface area contributed by atoms with Crippen LogP contribution in [0.25, 0.3) is 77.2 Å². The van der Waals surface area contributed by atoms with Gasteiger partial charge in [-0.1, -0.05) is 133 Å². The van der Waals surface area contributed by atoms with E-state index in [4.69, 9.17) is 0 Å². The Morgan fingerprint density at radius 2 is 0.930 bits per heavy atom. The molecule has 1 aromatic heterocycles. The van der Waals surface area contributed by atoms with Gasteiger partial charge in [0, 0.05) is 39.0 Å². The minimum atomic E-state index is -4.47. The summed E-state index contributed by atoms with van der Waals surface area (Å²) in [6, 6.07) is 61.9. The summed E-state index contributed by atoms with van der Waals surface area (Å²) >= 11 is 4.55. The lowest BCUT2D eigenvalue weighted by Crippen LogP contribution is -2.30. The molecule has 0 atom stereocenters. The number of nitrogens with zero attached hydrogens (tertiary/aromatic N) is 3. The molecule has 0 radical (unpaired) electrons. The van der Waals surface area contributed by atoms with E-state index in [-0.39, 0.29) is 5.71 Å². The monoisotopic (exact) mass is 960 g/mol. The highest BCUT2D eigenvalue weighted by Crippen LogP contribution is 2.44. The highest BCUT2D eigenvalue weighted by atomic mass is 32.1. The predicted octanol–water partition coefficient (Wildman–Crippen LogP) is 17.4. The molecule has 0 bridgehead atoms. The smallest absolute Gasteiger partial charge is 0.309 e. The first-order valence-corrected chi connectivity index (χ1v) is 23.0. The van der Waals surface area contributed by atoms with Gasteiger partial charge in [-0.15, -0.1) is 0 Å². The maximum atomic E-state index is 13.4. The van der Waals surface area contributed by atoms with Crippen molar-refractivity contribution in [2.45, 2.75) is 12.4 Å². The zero-order chi connectivity index (χ0) is 49.0. The number of fused-ring (bicyclic) bond motifs is 5. The van der Waals surface area contributed by atoms with E-state index in [1.54, 1.807) is 24.3 Å². The third kappa shape index (κ3) is 8.27. The average Bonchev–Trinajstić information content (AvgIpc) is 3.75. The molecule has 9 aromatic carbocycles. The van der Waals surface area contributed by atoms with Crippen LogP contribution in [-0.4, -0.2) is 16.0 Å². The zero-order valence-corrected chi connectivity index (χ0v) is 38.2. The van der Waals surface area contributed by atoms with Crippen molar-refractivity contribution in [3.05, 3.63) is 241 Å². The first-order chi connectivity index (χ1) is 34.4. The van der Waals surface area contributed by atoms with Crippen LogP contribution < -0.4 is 4.90 Å². The topological polar surface area (TPSA) is 44.4 Å². The second-order valence-electron chi connectivity index (χ2n) is 17.2. The quantitative estimate of drug-likeness (QED) is 0.0890. The number of para-hydroxylation sites is 1. The summed E-state index contributed by atoms with van der Waals surface area (Å²) in [5, 5.41) is 14.2. The lowest BCUT2D eigenvalue weighted by atomic mass is 9.88. The van der Waals surface area contributed by atoms with Crippen LogP contribution in [0.1, 0.15) is 16.7 Å². The SMILES string of the molecule is N=C1C(N(c2ccc(-c3ccc(C(F)(F)F)cc3)cc2)c2ccc(-c3ccc(C(F)(F)F)cc3)cc2)=CC=C(c2cc3ccccc3c3c4ccccc4n(-c4ccc(-c5ccccc5)cc4)c23)/C1=N/S. The van der Waals surface area contributed by atoms with Gasteiger partial charge in [-0.25, -0.2) is 4.40 Å². The van der Waals surface area contributed by atoms with Crippen LogP contribution in [0.4, 0.5) is 37.7 Å². The highest BCUT2D eigenvalue weighted by Gasteiger charge is 2.32. The minimum absolute atomic E-state index is 0.0623. The number of allylic oxidation sites excluding steroid dienone is 4. The van der Waals surface area contributed by atoms with Gasteiger partial charge in [0.15, 0.2) is 0 Å². The maximum Gasteiger partial charge on any atom is 0.416 e. The van der Waals surface area contributed by atoms with Gasteiger partial charge in [-0.3, -0.25) is 5.41 Å². The molecule has 0 amide bonds. The van der Waals surface area contributed by atoms with Gasteiger partial charge in [0.1, 0.15) is 11.4 Å². The standard InChI is InChI=1S/C60H38F6N4S/c61-59(62,63)44-24-14-38(15-25-44)41-18-28-46(29-19-41)69(47-30-20-42(21-31-47)39-16-26-45(27-17-39)60(64,65)66)54-35-34-50(57(68-71)56(54)67)52-36-43-10-4-5-11-49(43)55-51-12-6-7-13-53(51)70(58(52)55)48-32-22-40(23-33-48)37-8-2-1-3-9-37/h1-36,67,71H/b67-56?,68-57-. The number of halogens is 6. The Morgan fingerprint density at radius 3 is 1.45 bits per heavy atom. The normalized spacial score (nSPS) is 13.8. The van der Waals surface area contributed by atoms with E-state index in [1.807, 2.05) is 83.8 Å². The highest BCUT2D eigenvalue weighted by molar-refractivity contribution is 7.79. The number of alkyl halides is 6. The Labute approximate surface area is 409 Å². The van der Waals surface area contributed by atoms with Crippen LogP contribution in [0, 0.1) is 5.41 Å². The summed E-state index contributed by atoms with van der Waals surface area (Å²) in [4.78, 5) is 1.88. The fourth-order valence-corrected chi connectivity index (χ4v) is 9.78. The lowest BCUT2D eigenvalue weighted by molar-refractivity contribution is -0.138. The first-order valence-electron chi connectivity index (χ1n) is 22.6. The van der Waals surface area contributed by atoms with Gasteiger partial charge in [-0.05, 0) is 142 Å². The van der Waals surface area contributed by atoms with Gasteiger partial charge in [0.2, 0.25) is 0 Å². The number of aromatic nitrogens is 1. The number of rotatable bonds is 8. The minimum Gasteiger partial charge on any atom is -0.309 e. The molecule has 0 aliphatic heterocycles. The summed E-state index contributed by atoms with van der Waals surface area (Å²) in [6.45, 7) is 0. The van der Waals surface area contributed by atoms with Crippen molar-refractivity contribution in [2.75, 3.05) is 4.90 Å². The Kier molecular flexibility index (Phi) is 11.3. The summed E-state index contributed by atoms with van der Waals surface area (Å²) in [5.41, 5.74) is 9.69. The number of anilines is 2. The van der Waals surface area contributed by atoms with Crippen molar-refractivity contribution in [1.82, 2.24) is 4.57 Å². The molecule has 71 heavy (non-hydrogen) atoms. The van der Waals surface area contributed by atoms with Crippen LogP contribution in [0.2, 0.25) is 0 Å². The fourth-order valence-electron chi connectivity index (χ4n) is 9.57. The Morgan fingerprint density at radius 1 is 0.479 bits per heavy atom. The van der Waals surface area contributed by atoms with Gasteiger partial charge in [0.25, 0.3) is 0 Å². The molecular formula is C60H38F6N4S. The van der Waals surface area contributed by atoms with Crippen LogP contribution in [-0.2, 0) is 12.4 Å². The van der Waals surface area contributed by atoms with Crippen molar-refractivity contribution >= 4 is 73.8 Å². The molecule has 346 valence electrons. The molecule has 4 nitrogen and oxygen atoms in total. The molecule has 0 saturated carbocycles. The molecular weight excluding hydrogens is 923 g/mol. The molecule has 0 fully saturated rings. The van der Waals surface area contributed by atoms with Gasteiger partial charge in [0.05, 0.1) is 27.9 Å². The van der Waals surface area contributed by atoms with E-state index in [2.05, 4.69) is 88.5 Å².